The van der Waals surface area contributed by atoms with Crippen molar-refractivity contribution in [2.75, 3.05) is 50.1 Å². The minimum Gasteiger partial charge on any atom is -0.454 e. The van der Waals surface area contributed by atoms with Crippen LogP contribution in [0.2, 0.25) is 0 Å². The Morgan fingerprint density at radius 1 is 1.00 bits per heavy atom. The first-order valence-corrected chi connectivity index (χ1v) is 11.9. The highest BCUT2D eigenvalue weighted by Gasteiger charge is 2.27. The molecule has 1 amide bonds. The maximum absolute atomic E-state index is 13.6. The van der Waals surface area contributed by atoms with Gasteiger partial charge < -0.3 is 14.4 Å². The van der Waals surface area contributed by atoms with Crippen LogP contribution in [0.3, 0.4) is 0 Å². The fourth-order valence-electron chi connectivity index (χ4n) is 3.72. The molecular weight excluding hydrogens is 444 g/mol. The number of hydrogen-bond acceptors (Lipinski definition) is 6. The van der Waals surface area contributed by atoms with E-state index in [2.05, 4.69) is 4.90 Å². The van der Waals surface area contributed by atoms with Gasteiger partial charge in [-0.15, -0.1) is 0 Å². The molecule has 0 aliphatic carbocycles. The monoisotopic (exact) mass is 467 g/mol. The number of carbonyl (C=O) groups is 1. The Kier molecular flexibility index (Phi) is 6.20. The molecule has 2 heterocycles. The van der Waals surface area contributed by atoms with Crippen molar-refractivity contribution in [3.8, 4) is 11.5 Å². The molecule has 2 aromatic carbocycles. The van der Waals surface area contributed by atoms with Gasteiger partial charge in [0.1, 0.15) is 6.54 Å². The molecule has 0 spiro atoms. The Bertz CT molecular complexity index is 1120. The Balaban J connectivity index is 1.36. The first-order valence-electron chi connectivity index (χ1n) is 10.0. The number of nitrogens with zero attached hydrogens (tertiary/aromatic N) is 3. The van der Waals surface area contributed by atoms with Gasteiger partial charge in [0.05, 0.1) is 11.9 Å². The fourth-order valence-corrected chi connectivity index (χ4v) is 4.56. The summed E-state index contributed by atoms with van der Waals surface area (Å²) in [6.07, 6.45) is 0.921. The molecule has 0 bridgehead atoms. The lowest BCUT2D eigenvalue weighted by atomic mass is 10.1. The van der Waals surface area contributed by atoms with Crippen LogP contribution in [0.1, 0.15) is 5.56 Å². The second kappa shape index (κ2) is 8.91. The van der Waals surface area contributed by atoms with Gasteiger partial charge in [-0.3, -0.25) is 14.0 Å². The normalized spacial score (nSPS) is 16.3. The minimum absolute atomic E-state index is 0.0961. The number of amides is 1. The second-order valence-corrected chi connectivity index (χ2v) is 9.62. The van der Waals surface area contributed by atoms with E-state index in [0.717, 1.165) is 45.8 Å². The lowest BCUT2D eigenvalue weighted by Gasteiger charge is -2.35. The van der Waals surface area contributed by atoms with Gasteiger partial charge in [0, 0.05) is 38.8 Å². The zero-order valence-electron chi connectivity index (χ0n) is 17.5. The van der Waals surface area contributed by atoms with Crippen LogP contribution in [0.4, 0.5) is 14.5 Å². The molecule has 0 N–H and O–H groups in total. The number of sulfonamides is 1. The van der Waals surface area contributed by atoms with Crippen molar-refractivity contribution in [3.05, 3.63) is 53.6 Å². The average Bonchev–Trinajstić information content (AvgIpc) is 3.21. The van der Waals surface area contributed by atoms with Crippen molar-refractivity contribution in [1.29, 1.82) is 0 Å². The van der Waals surface area contributed by atoms with Gasteiger partial charge in [0.25, 0.3) is 0 Å². The van der Waals surface area contributed by atoms with Gasteiger partial charge in [-0.1, -0.05) is 6.07 Å². The molecule has 0 unspecified atom stereocenters. The smallest absolute Gasteiger partial charge is 0.243 e. The SMILES string of the molecule is CS(=O)(=O)N(CC(=O)N1CCN(Cc2ccc3c(c2)OCO3)CC1)c1ccc(F)c(F)c1. The highest BCUT2D eigenvalue weighted by Crippen LogP contribution is 2.32. The number of benzene rings is 2. The maximum Gasteiger partial charge on any atom is 0.243 e. The molecule has 1 saturated heterocycles. The third-order valence-electron chi connectivity index (χ3n) is 5.44. The molecule has 2 aromatic rings. The summed E-state index contributed by atoms with van der Waals surface area (Å²) < 4.78 is 62.7. The zero-order chi connectivity index (χ0) is 22.9. The van der Waals surface area contributed by atoms with Gasteiger partial charge in [-0.2, -0.15) is 0 Å². The lowest BCUT2D eigenvalue weighted by Crippen LogP contribution is -2.51. The fraction of sp³-hybridized carbons (Fsp3) is 0.381. The first kappa shape index (κ1) is 22.3. The highest BCUT2D eigenvalue weighted by atomic mass is 32.2. The van der Waals surface area contributed by atoms with E-state index in [1.807, 2.05) is 18.2 Å². The summed E-state index contributed by atoms with van der Waals surface area (Å²) in [5.74, 6) is -1.23. The Morgan fingerprint density at radius 3 is 2.41 bits per heavy atom. The van der Waals surface area contributed by atoms with Crippen molar-refractivity contribution in [1.82, 2.24) is 9.80 Å². The Labute approximate surface area is 185 Å². The molecule has 2 aliphatic heterocycles. The average molecular weight is 467 g/mol. The predicted octanol–water partition coefficient (Wildman–Crippen LogP) is 1.80. The van der Waals surface area contributed by atoms with Crippen molar-refractivity contribution in [2.45, 2.75) is 6.54 Å². The number of halogens is 2. The van der Waals surface area contributed by atoms with E-state index in [4.69, 9.17) is 9.47 Å². The van der Waals surface area contributed by atoms with Crippen molar-refractivity contribution in [2.24, 2.45) is 0 Å². The molecule has 0 saturated carbocycles. The van der Waals surface area contributed by atoms with E-state index < -0.39 is 34.1 Å². The summed E-state index contributed by atoms with van der Waals surface area (Å²) in [5.41, 5.74) is 0.969. The van der Waals surface area contributed by atoms with Crippen LogP contribution in [0.5, 0.6) is 11.5 Å². The number of carbonyl (C=O) groups excluding carboxylic acids is 1. The molecule has 172 valence electrons. The molecule has 1 fully saturated rings. The van der Waals surface area contributed by atoms with Crippen molar-refractivity contribution < 1.29 is 31.5 Å². The number of ether oxygens (including phenoxy) is 2. The molecule has 32 heavy (non-hydrogen) atoms. The minimum atomic E-state index is -3.87. The molecule has 0 aromatic heterocycles. The standard InChI is InChI=1S/C21H23F2N3O5S/c1-32(28,29)26(16-3-4-17(22)18(23)11-16)13-21(27)25-8-6-24(7-9-25)12-15-2-5-19-20(10-15)31-14-30-19/h2-5,10-11H,6-9,12-14H2,1H3. The first-order chi connectivity index (χ1) is 15.2. The number of rotatable bonds is 6. The third-order valence-corrected chi connectivity index (χ3v) is 6.58. The topological polar surface area (TPSA) is 79.4 Å². The summed E-state index contributed by atoms with van der Waals surface area (Å²) in [5, 5.41) is 0. The predicted molar refractivity (Wildman–Crippen MR) is 113 cm³/mol. The summed E-state index contributed by atoms with van der Waals surface area (Å²) in [6.45, 7) is 2.51. The molecular formula is C21H23F2N3O5S. The molecule has 11 heteroatoms. The summed E-state index contributed by atoms with van der Waals surface area (Å²) in [4.78, 5) is 16.5. The Hall–Kier alpha value is -2.92. The van der Waals surface area contributed by atoms with E-state index in [-0.39, 0.29) is 12.5 Å². The summed E-state index contributed by atoms with van der Waals surface area (Å²) >= 11 is 0. The van der Waals surface area contributed by atoms with Crippen molar-refractivity contribution in [3.63, 3.8) is 0 Å². The van der Waals surface area contributed by atoms with Crippen molar-refractivity contribution >= 4 is 21.6 Å². The van der Waals surface area contributed by atoms with Crippen LogP contribution in [0.25, 0.3) is 0 Å². The third kappa shape index (κ3) is 4.94. The van der Waals surface area contributed by atoms with Gasteiger partial charge in [0.15, 0.2) is 23.1 Å². The summed E-state index contributed by atoms with van der Waals surface area (Å²) in [6, 6.07) is 8.52. The molecule has 8 nitrogen and oxygen atoms in total. The number of anilines is 1. The van der Waals surface area contributed by atoms with Gasteiger partial charge in [0.2, 0.25) is 22.7 Å². The second-order valence-electron chi connectivity index (χ2n) is 7.71. The maximum atomic E-state index is 13.6. The number of fused-ring (bicyclic) bond motifs is 1. The van der Waals surface area contributed by atoms with E-state index >= 15 is 0 Å². The van der Waals surface area contributed by atoms with E-state index in [9.17, 15) is 22.0 Å². The molecule has 4 rings (SSSR count). The van der Waals surface area contributed by atoms with Crippen LogP contribution in [0.15, 0.2) is 36.4 Å². The lowest BCUT2D eigenvalue weighted by molar-refractivity contribution is -0.131. The quantitative estimate of drug-likeness (QED) is 0.645. The molecule has 0 radical (unpaired) electrons. The largest absolute Gasteiger partial charge is 0.454 e. The Morgan fingerprint density at radius 2 is 1.72 bits per heavy atom. The van der Waals surface area contributed by atoms with Crippen LogP contribution in [0, 0.1) is 11.6 Å². The van der Waals surface area contributed by atoms with Crippen LogP contribution in [-0.4, -0.2) is 69.9 Å². The molecule has 2 aliphatic rings. The van der Waals surface area contributed by atoms with Crippen LogP contribution >= 0.6 is 0 Å². The van der Waals surface area contributed by atoms with E-state index in [1.54, 1.807) is 4.90 Å². The number of piperazine rings is 1. The summed E-state index contributed by atoms with van der Waals surface area (Å²) in [7, 11) is -3.87. The van der Waals surface area contributed by atoms with E-state index in [0.29, 0.717) is 32.7 Å². The molecule has 0 atom stereocenters. The highest BCUT2D eigenvalue weighted by molar-refractivity contribution is 7.92. The number of hydrogen-bond donors (Lipinski definition) is 0. The van der Waals surface area contributed by atoms with Crippen LogP contribution in [-0.2, 0) is 21.4 Å². The van der Waals surface area contributed by atoms with E-state index in [1.165, 1.54) is 0 Å². The van der Waals surface area contributed by atoms with Gasteiger partial charge in [-0.05, 0) is 29.8 Å². The van der Waals surface area contributed by atoms with Crippen LogP contribution < -0.4 is 13.8 Å². The zero-order valence-corrected chi connectivity index (χ0v) is 18.3. The van der Waals surface area contributed by atoms with Gasteiger partial charge in [-0.25, -0.2) is 17.2 Å². The van der Waals surface area contributed by atoms with Gasteiger partial charge >= 0.3 is 0 Å².